The summed E-state index contributed by atoms with van der Waals surface area (Å²) in [4.78, 5) is 22.5. The van der Waals surface area contributed by atoms with Crippen molar-refractivity contribution in [3.05, 3.63) is 74.6 Å². The molecule has 1 heterocycles. The van der Waals surface area contributed by atoms with Gasteiger partial charge in [0.25, 0.3) is 11.6 Å². The van der Waals surface area contributed by atoms with Gasteiger partial charge < -0.3 is 0 Å². The molecule has 0 bridgehead atoms. The molecule has 1 amide bonds. The minimum absolute atomic E-state index is 0.0488. The standard InChI is InChI=1S/C17H8F5N3O3/c1-7-10(6-8-2-4-9(5-3-8)25(27)28)17(26)24(23-7)16-14(21)12(19)11(18)13(20)15(16)22/h2-6H,1H3/b10-6+. The summed E-state index contributed by atoms with van der Waals surface area (Å²) in [7, 11) is 0. The van der Waals surface area contributed by atoms with Crippen LogP contribution in [-0.4, -0.2) is 16.5 Å². The number of carbonyl (C=O) groups is 1. The van der Waals surface area contributed by atoms with Gasteiger partial charge in [-0.05, 0) is 30.7 Å². The lowest BCUT2D eigenvalue weighted by molar-refractivity contribution is -0.384. The Morgan fingerprint density at radius 2 is 1.46 bits per heavy atom. The molecular weight excluding hydrogens is 389 g/mol. The number of anilines is 1. The van der Waals surface area contributed by atoms with Crippen LogP contribution in [0.3, 0.4) is 0 Å². The van der Waals surface area contributed by atoms with E-state index in [0.717, 1.165) is 0 Å². The number of benzene rings is 2. The Morgan fingerprint density at radius 3 is 1.96 bits per heavy atom. The van der Waals surface area contributed by atoms with Gasteiger partial charge in [-0.2, -0.15) is 10.1 Å². The number of hydrogen-bond acceptors (Lipinski definition) is 4. The predicted molar refractivity (Wildman–Crippen MR) is 87.9 cm³/mol. The quantitative estimate of drug-likeness (QED) is 0.195. The van der Waals surface area contributed by atoms with Crippen LogP contribution in [0.5, 0.6) is 0 Å². The van der Waals surface area contributed by atoms with E-state index < -0.39 is 45.6 Å². The van der Waals surface area contributed by atoms with Gasteiger partial charge in [-0.25, -0.2) is 22.0 Å². The first-order valence-corrected chi connectivity index (χ1v) is 7.51. The maximum atomic E-state index is 14.0. The fraction of sp³-hybridized carbons (Fsp3) is 0.0588. The largest absolute Gasteiger partial charge is 0.280 e. The van der Waals surface area contributed by atoms with E-state index in [1.807, 2.05) is 0 Å². The highest BCUT2D eigenvalue weighted by Crippen LogP contribution is 2.34. The maximum Gasteiger partial charge on any atom is 0.280 e. The van der Waals surface area contributed by atoms with Crippen LogP contribution in [0.1, 0.15) is 12.5 Å². The van der Waals surface area contributed by atoms with Gasteiger partial charge in [0, 0.05) is 12.1 Å². The van der Waals surface area contributed by atoms with E-state index in [9.17, 15) is 36.9 Å². The molecule has 0 atom stereocenters. The Labute approximate surface area is 153 Å². The minimum atomic E-state index is -2.35. The first-order chi connectivity index (χ1) is 13.1. The Morgan fingerprint density at radius 1 is 0.964 bits per heavy atom. The van der Waals surface area contributed by atoms with Gasteiger partial charge in [0.05, 0.1) is 16.2 Å². The zero-order valence-corrected chi connectivity index (χ0v) is 13.8. The van der Waals surface area contributed by atoms with Gasteiger partial charge in [-0.15, -0.1) is 0 Å². The second-order valence-electron chi connectivity index (χ2n) is 5.63. The predicted octanol–water partition coefficient (Wildman–Crippen LogP) is 4.10. The molecule has 0 N–H and O–H groups in total. The highest BCUT2D eigenvalue weighted by atomic mass is 19.2. The SMILES string of the molecule is CC1=NN(c2c(F)c(F)c(F)c(F)c2F)C(=O)/C1=C/c1ccc([N+](=O)[O-])cc1. The number of hydrogen-bond donors (Lipinski definition) is 0. The number of carbonyl (C=O) groups excluding carboxylic acids is 1. The van der Waals surface area contributed by atoms with E-state index >= 15 is 0 Å². The van der Waals surface area contributed by atoms with Crippen LogP contribution in [0.15, 0.2) is 34.9 Å². The van der Waals surface area contributed by atoms with Crippen molar-refractivity contribution in [2.45, 2.75) is 6.92 Å². The van der Waals surface area contributed by atoms with Gasteiger partial charge in [0.1, 0.15) is 5.69 Å². The van der Waals surface area contributed by atoms with Crippen LogP contribution in [0.2, 0.25) is 0 Å². The van der Waals surface area contributed by atoms with E-state index in [1.165, 1.54) is 37.3 Å². The van der Waals surface area contributed by atoms with Crippen molar-refractivity contribution in [2.75, 3.05) is 5.01 Å². The van der Waals surface area contributed by atoms with Gasteiger partial charge >= 0.3 is 0 Å². The van der Waals surface area contributed by atoms with Gasteiger partial charge in [-0.1, -0.05) is 0 Å². The first-order valence-electron chi connectivity index (χ1n) is 7.51. The van der Waals surface area contributed by atoms with E-state index in [0.29, 0.717) is 5.56 Å². The zero-order valence-electron chi connectivity index (χ0n) is 13.8. The normalized spacial score (nSPS) is 15.4. The first kappa shape index (κ1) is 19.1. The highest BCUT2D eigenvalue weighted by molar-refractivity contribution is 6.32. The Kier molecular flexibility index (Phi) is 4.67. The Bertz CT molecular complexity index is 1050. The Balaban J connectivity index is 2.04. The summed E-state index contributed by atoms with van der Waals surface area (Å²) < 4.78 is 67.9. The van der Waals surface area contributed by atoms with Gasteiger partial charge in [0.2, 0.25) is 5.82 Å². The number of non-ortho nitro benzene ring substituents is 1. The lowest BCUT2D eigenvalue weighted by Crippen LogP contribution is -2.25. The molecule has 144 valence electrons. The highest BCUT2D eigenvalue weighted by Gasteiger charge is 2.36. The number of amides is 1. The molecule has 0 unspecified atom stereocenters. The van der Waals surface area contributed by atoms with Crippen molar-refractivity contribution in [3.8, 4) is 0 Å². The van der Waals surface area contributed by atoms with E-state index in [2.05, 4.69) is 5.10 Å². The molecule has 0 saturated carbocycles. The average Bonchev–Trinajstić information content (AvgIpc) is 2.93. The molecule has 0 saturated heterocycles. The number of nitro groups is 1. The second-order valence-corrected chi connectivity index (χ2v) is 5.63. The van der Waals surface area contributed by atoms with Gasteiger partial charge in [0.15, 0.2) is 23.3 Å². The summed E-state index contributed by atoms with van der Waals surface area (Å²) in [5.74, 6) is -12.3. The fourth-order valence-corrected chi connectivity index (χ4v) is 2.47. The van der Waals surface area contributed by atoms with Crippen LogP contribution in [0.25, 0.3) is 6.08 Å². The summed E-state index contributed by atoms with van der Waals surface area (Å²) in [5.41, 5.74) is -1.60. The zero-order chi connectivity index (χ0) is 20.7. The molecule has 28 heavy (non-hydrogen) atoms. The molecule has 0 radical (unpaired) electrons. The maximum absolute atomic E-state index is 14.0. The Hall–Kier alpha value is -3.63. The van der Waals surface area contributed by atoms with Crippen LogP contribution in [-0.2, 0) is 4.79 Å². The summed E-state index contributed by atoms with van der Waals surface area (Å²) >= 11 is 0. The van der Waals surface area contributed by atoms with Crippen molar-refractivity contribution in [2.24, 2.45) is 5.10 Å². The summed E-state index contributed by atoms with van der Waals surface area (Å²) in [6.45, 7) is 1.29. The van der Waals surface area contributed by atoms with Crippen molar-refractivity contribution < 1.29 is 31.7 Å². The average molecular weight is 397 g/mol. The molecule has 6 nitrogen and oxygen atoms in total. The van der Waals surface area contributed by atoms with Gasteiger partial charge in [-0.3, -0.25) is 14.9 Å². The van der Waals surface area contributed by atoms with Crippen LogP contribution >= 0.6 is 0 Å². The lowest BCUT2D eigenvalue weighted by atomic mass is 10.1. The number of hydrazone groups is 1. The number of halogens is 5. The molecule has 11 heteroatoms. The monoisotopic (exact) mass is 397 g/mol. The summed E-state index contributed by atoms with van der Waals surface area (Å²) in [5, 5.41) is 14.3. The second kappa shape index (κ2) is 6.83. The lowest BCUT2D eigenvalue weighted by Gasteiger charge is -2.15. The molecule has 0 spiro atoms. The molecule has 1 aliphatic heterocycles. The molecule has 0 aromatic heterocycles. The number of rotatable bonds is 3. The molecule has 1 aliphatic rings. The van der Waals surface area contributed by atoms with Crippen LogP contribution < -0.4 is 5.01 Å². The molecule has 2 aromatic carbocycles. The molecular formula is C17H8F5N3O3. The summed E-state index contributed by atoms with van der Waals surface area (Å²) in [6, 6.07) is 4.96. The third kappa shape index (κ3) is 3.00. The van der Waals surface area contributed by atoms with Crippen molar-refractivity contribution in [1.82, 2.24) is 0 Å². The minimum Gasteiger partial charge on any atom is -0.267 e. The van der Waals surface area contributed by atoms with Crippen molar-refractivity contribution in [1.29, 1.82) is 0 Å². The number of nitrogens with zero attached hydrogens (tertiary/aromatic N) is 3. The van der Waals surface area contributed by atoms with Crippen LogP contribution in [0, 0.1) is 39.2 Å². The van der Waals surface area contributed by atoms with E-state index in [4.69, 9.17) is 0 Å². The van der Waals surface area contributed by atoms with E-state index in [1.54, 1.807) is 0 Å². The number of nitro benzene ring substituents is 1. The third-order valence-electron chi connectivity index (χ3n) is 3.88. The third-order valence-corrected chi connectivity index (χ3v) is 3.88. The molecule has 0 fully saturated rings. The topological polar surface area (TPSA) is 75.8 Å². The van der Waals surface area contributed by atoms with E-state index in [-0.39, 0.29) is 22.0 Å². The molecule has 3 rings (SSSR count). The molecule has 0 aliphatic carbocycles. The molecule has 2 aromatic rings. The van der Waals surface area contributed by atoms with Crippen molar-refractivity contribution >= 4 is 29.1 Å². The summed E-state index contributed by atoms with van der Waals surface area (Å²) in [6.07, 6.45) is 1.22. The smallest absolute Gasteiger partial charge is 0.267 e. The fourth-order valence-electron chi connectivity index (χ4n) is 2.47. The van der Waals surface area contributed by atoms with Crippen LogP contribution in [0.4, 0.5) is 33.3 Å². The van der Waals surface area contributed by atoms with Crippen molar-refractivity contribution in [3.63, 3.8) is 0 Å².